The first-order valence-corrected chi connectivity index (χ1v) is 8.87. The van der Waals surface area contributed by atoms with E-state index in [2.05, 4.69) is 15.8 Å². The first-order valence-electron chi connectivity index (χ1n) is 8.87. The number of nitrogens with one attached hydrogen (secondary N) is 2. The molecule has 6 heteroatoms. The van der Waals surface area contributed by atoms with Gasteiger partial charge < -0.3 is 9.80 Å². The van der Waals surface area contributed by atoms with Crippen LogP contribution in [0.25, 0.3) is 0 Å². The molecule has 134 valence electrons. The molecular weight excluding hydrogens is 328 g/mol. The van der Waals surface area contributed by atoms with E-state index in [1.807, 2.05) is 49.4 Å². The van der Waals surface area contributed by atoms with Crippen LogP contribution in [0.15, 0.2) is 48.5 Å². The minimum atomic E-state index is -0.209. The van der Waals surface area contributed by atoms with Gasteiger partial charge in [0.05, 0.1) is 17.1 Å². The minimum absolute atomic E-state index is 0.0901. The summed E-state index contributed by atoms with van der Waals surface area (Å²) in [7, 11) is 1.79. The quantitative estimate of drug-likeness (QED) is 0.833. The van der Waals surface area contributed by atoms with Gasteiger partial charge in [-0.2, -0.15) is 0 Å². The Labute approximate surface area is 152 Å². The molecule has 0 radical (unpaired) electrons. The van der Waals surface area contributed by atoms with Crippen molar-refractivity contribution in [2.45, 2.75) is 31.8 Å². The zero-order chi connectivity index (χ0) is 18.3. The van der Waals surface area contributed by atoms with E-state index in [9.17, 15) is 9.59 Å². The molecule has 1 aliphatic heterocycles. The third kappa shape index (κ3) is 2.87. The first kappa shape index (κ1) is 16.4. The van der Waals surface area contributed by atoms with Gasteiger partial charge in [-0.15, -0.1) is 0 Å². The number of fused-ring (bicyclic) bond motifs is 1. The maximum absolute atomic E-state index is 12.6. The largest absolute Gasteiger partial charge is 0.355 e. The zero-order valence-corrected chi connectivity index (χ0v) is 14.9. The van der Waals surface area contributed by atoms with Gasteiger partial charge in [-0.1, -0.05) is 18.2 Å². The molecule has 1 heterocycles. The molecule has 2 aliphatic rings. The number of carbonyl (C=O) groups excluding carboxylic acids is 2. The molecule has 0 saturated heterocycles. The topological polar surface area (TPSA) is 64.7 Å². The standard InChI is InChI=1S/C20H22N4O2/c1-13-20(26)23(2)17-11-8-14(12-18(17)24(13)16-9-10-16)19(25)22-21-15-6-4-3-5-7-15/h3-8,11-13,16,21H,9-10H2,1-2H3,(H,22,25). The van der Waals surface area contributed by atoms with Gasteiger partial charge in [0.25, 0.3) is 5.91 Å². The van der Waals surface area contributed by atoms with Gasteiger partial charge in [-0.3, -0.25) is 20.4 Å². The lowest BCUT2D eigenvalue weighted by atomic mass is 10.0. The lowest BCUT2D eigenvalue weighted by Gasteiger charge is -2.40. The summed E-state index contributed by atoms with van der Waals surface area (Å²) in [6, 6.07) is 15.1. The molecule has 2 N–H and O–H groups in total. The molecule has 1 fully saturated rings. The third-order valence-electron chi connectivity index (χ3n) is 5.02. The van der Waals surface area contributed by atoms with Gasteiger partial charge in [0.15, 0.2) is 0 Å². The molecule has 2 amide bonds. The van der Waals surface area contributed by atoms with Crippen molar-refractivity contribution in [3.63, 3.8) is 0 Å². The Bertz CT molecular complexity index is 848. The van der Waals surface area contributed by atoms with E-state index in [1.54, 1.807) is 18.0 Å². The van der Waals surface area contributed by atoms with Crippen molar-refractivity contribution in [3.05, 3.63) is 54.1 Å². The fourth-order valence-electron chi connectivity index (χ4n) is 3.47. The highest BCUT2D eigenvalue weighted by molar-refractivity contribution is 6.07. The van der Waals surface area contributed by atoms with E-state index in [0.717, 1.165) is 29.9 Å². The zero-order valence-electron chi connectivity index (χ0n) is 14.9. The van der Waals surface area contributed by atoms with Crippen molar-refractivity contribution in [2.75, 3.05) is 22.3 Å². The Morgan fingerprint density at radius 3 is 2.50 bits per heavy atom. The van der Waals surface area contributed by atoms with Crippen LogP contribution in [0, 0.1) is 0 Å². The number of amides is 2. The second-order valence-corrected chi connectivity index (χ2v) is 6.86. The molecule has 2 aromatic carbocycles. The molecule has 1 aliphatic carbocycles. The number of para-hydroxylation sites is 1. The van der Waals surface area contributed by atoms with Gasteiger partial charge in [0, 0.05) is 18.7 Å². The summed E-state index contributed by atoms with van der Waals surface area (Å²) >= 11 is 0. The fraction of sp³-hybridized carbons (Fsp3) is 0.300. The number of hydrazine groups is 1. The van der Waals surface area contributed by atoms with Crippen LogP contribution in [0.5, 0.6) is 0 Å². The molecule has 0 bridgehead atoms. The minimum Gasteiger partial charge on any atom is -0.355 e. The first-order chi connectivity index (χ1) is 12.6. The highest BCUT2D eigenvalue weighted by atomic mass is 16.2. The number of hydrogen-bond donors (Lipinski definition) is 2. The van der Waals surface area contributed by atoms with Crippen molar-refractivity contribution >= 4 is 28.9 Å². The van der Waals surface area contributed by atoms with Crippen molar-refractivity contribution in [2.24, 2.45) is 0 Å². The highest BCUT2D eigenvalue weighted by Gasteiger charge is 2.41. The van der Waals surface area contributed by atoms with Crippen LogP contribution in [-0.2, 0) is 4.79 Å². The van der Waals surface area contributed by atoms with Crippen LogP contribution in [0.2, 0.25) is 0 Å². The van der Waals surface area contributed by atoms with Crippen molar-refractivity contribution in [3.8, 4) is 0 Å². The summed E-state index contributed by atoms with van der Waals surface area (Å²) in [4.78, 5) is 28.9. The summed E-state index contributed by atoms with van der Waals surface area (Å²) < 4.78 is 0. The Hall–Kier alpha value is -3.02. The predicted octanol–water partition coefficient (Wildman–Crippen LogP) is 2.78. The Kier molecular flexibility index (Phi) is 4.03. The summed E-state index contributed by atoms with van der Waals surface area (Å²) in [5, 5.41) is 0. The Morgan fingerprint density at radius 2 is 1.81 bits per heavy atom. The van der Waals surface area contributed by atoms with Crippen LogP contribution >= 0.6 is 0 Å². The van der Waals surface area contributed by atoms with Crippen LogP contribution in [0.1, 0.15) is 30.1 Å². The lowest BCUT2D eigenvalue weighted by molar-refractivity contribution is -0.119. The van der Waals surface area contributed by atoms with E-state index in [4.69, 9.17) is 0 Å². The average Bonchev–Trinajstić information content (AvgIpc) is 3.50. The third-order valence-corrected chi connectivity index (χ3v) is 5.02. The second-order valence-electron chi connectivity index (χ2n) is 6.86. The van der Waals surface area contributed by atoms with Crippen molar-refractivity contribution in [1.29, 1.82) is 0 Å². The van der Waals surface area contributed by atoms with Gasteiger partial charge in [0.1, 0.15) is 6.04 Å². The number of hydrogen-bond acceptors (Lipinski definition) is 4. The smallest absolute Gasteiger partial charge is 0.269 e. The van der Waals surface area contributed by atoms with Crippen LogP contribution in [0.4, 0.5) is 17.1 Å². The van der Waals surface area contributed by atoms with Gasteiger partial charge in [-0.05, 0) is 50.1 Å². The molecule has 0 spiro atoms. The molecule has 2 aromatic rings. The Morgan fingerprint density at radius 1 is 1.08 bits per heavy atom. The summed E-state index contributed by atoms with van der Waals surface area (Å²) in [6.45, 7) is 1.93. The van der Waals surface area contributed by atoms with E-state index in [1.165, 1.54) is 0 Å². The molecule has 4 rings (SSSR count). The summed E-state index contributed by atoms with van der Waals surface area (Å²) in [5.74, 6) is -0.119. The van der Waals surface area contributed by atoms with Crippen LogP contribution in [-0.4, -0.2) is 30.9 Å². The van der Waals surface area contributed by atoms with Gasteiger partial charge in [0.2, 0.25) is 5.91 Å². The van der Waals surface area contributed by atoms with Gasteiger partial charge in [-0.25, -0.2) is 0 Å². The second kappa shape index (κ2) is 6.37. The number of nitrogens with zero attached hydrogens (tertiary/aromatic N) is 2. The van der Waals surface area contributed by atoms with Gasteiger partial charge >= 0.3 is 0 Å². The van der Waals surface area contributed by atoms with Crippen molar-refractivity contribution < 1.29 is 9.59 Å². The normalized spacial score (nSPS) is 19.2. The van der Waals surface area contributed by atoms with Crippen molar-refractivity contribution in [1.82, 2.24) is 5.43 Å². The fourth-order valence-corrected chi connectivity index (χ4v) is 3.47. The monoisotopic (exact) mass is 350 g/mol. The molecular formula is C20H22N4O2. The SMILES string of the molecule is CC1C(=O)N(C)c2ccc(C(=O)NNc3ccccc3)cc2N1C1CC1. The number of carbonyl (C=O) groups is 2. The molecule has 6 nitrogen and oxygen atoms in total. The average molecular weight is 350 g/mol. The van der Waals surface area contributed by atoms with E-state index in [0.29, 0.717) is 11.6 Å². The van der Waals surface area contributed by atoms with E-state index >= 15 is 0 Å². The predicted molar refractivity (Wildman–Crippen MR) is 102 cm³/mol. The maximum atomic E-state index is 12.6. The molecule has 1 saturated carbocycles. The summed E-state index contributed by atoms with van der Waals surface area (Å²) in [6.07, 6.45) is 2.18. The number of rotatable bonds is 4. The molecule has 0 aromatic heterocycles. The molecule has 26 heavy (non-hydrogen) atoms. The summed E-state index contributed by atoms with van der Waals surface area (Å²) in [5.41, 5.74) is 8.83. The van der Waals surface area contributed by atoms with E-state index in [-0.39, 0.29) is 17.9 Å². The Balaban J connectivity index is 1.59. The highest BCUT2D eigenvalue weighted by Crippen LogP contribution is 2.42. The number of benzene rings is 2. The maximum Gasteiger partial charge on any atom is 0.269 e. The number of anilines is 3. The molecule has 1 unspecified atom stereocenters. The lowest BCUT2D eigenvalue weighted by Crippen LogP contribution is -2.51. The van der Waals surface area contributed by atoms with E-state index < -0.39 is 0 Å². The van der Waals surface area contributed by atoms with Crippen LogP contribution in [0.3, 0.4) is 0 Å². The molecule has 1 atom stereocenters. The van der Waals surface area contributed by atoms with Crippen LogP contribution < -0.4 is 20.7 Å². The number of likely N-dealkylation sites (N-methyl/N-ethyl adjacent to an activating group) is 1.